The second-order valence-corrected chi connectivity index (χ2v) is 7.27. The lowest BCUT2D eigenvalue weighted by atomic mass is 10.2. The molecule has 4 nitrogen and oxygen atoms in total. The van der Waals surface area contributed by atoms with E-state index in [4.69, 9.17) is 23.2 Å². The fourth-order valence-electron chi connectivity index (χ4n) is 1.48. The van der Waals surface area contributed by atoms with Gasteiger partial charge >= 0.3 is 0 Å². The number of hydrogen-bond acceptors (Lipinski definition) is 3. The molecule has 1 N–H and O–H groups in total. The van der Waals surface area contributed by atoms with Gasteiger partial charge in [0, 0.05) is 22.2 Å². The molecule has 0 fully saturated rings. The van der Waals surface area contributed by atoms with Crippen LogP contribution in [0.1, 0.15) is 5.56 Å². The maximum absolute atomic E-state index is 12.2. The predicted octanol–water partition coefficient (Wildman–Crippen LogP) is 3.63. The molecule has 0 bridgehead atoms. The molecule has 106 valence electrons. The van der Waals surface area contributed by atoms with Crippen LogP contribution in [0.5, 0.6) is 0 Å². The SMILES string of the molecule is O=S(=O)(NCc1ccccc1Cl)c1cc(Br)cnc1Cl. The maximum Gasteiger partial charge on any atom is 0.243 e. The number of nitrogens with one attached hydrogen (secondary N) is 1. The first-order valence-corrected chi connectivity index (χ1v) is 8.47. The van der Waals surface area contributed by atoms with Gasteiger partial charge in [-0.2, -0.15) is 0 Å². The molecule has 2 aromatic rings. The average Bonchev–Trinajstić information content (AvgIpc) is 2.40. The first-order valence-electron chi connectivity index (χ1n) is 5.44. The van der Waals surface area contributed by atoms with Crippen LogP contribution < -0.4 is 4.72 Å². The van der Waals surface area contributed by atoms with Crippen molar-refractivity contribution in [2.24, 2.45) is 0 Å². The quantitative estimate of drug-likeness (QED) is 0.804. The zero-order valence-electron chi connectivity index (χ0n) is 9.98. The zero-order chi connectivity index (χ0) is 14.8. The summed E-state index contributed by atoms with van der Waals surface area (Å²) in [6.45, 7) is 0.0743. The molecule has 0 spiro atoms. The number of pyridine rings is 1. The number of rotatable bonds is 4. The van der Waals surface area contributed by atoms with Crippen molar-refractivity contribution in [2.75, 3.05) is 0 Å². The Kier molecular flexibility index (Phi) is 5.04. The van der Waals surface area contributed by atoms with Gasteiger partial charge in [-0.25, -0.2) is 18.1 Å². The van der Waals surface area contributed by atoms with Crippen molar-refractivity contribution in [2.45, 2.75) is 11.4 Å². The molecule has 0 radical (unpaired) electrons. The fraction of sp³-hybridized carbons (Fsp3) is 0.0833. The van der Waals surface area contributed by atoms with Gasteiger partial charge in [0.25, 0.3) is 0 Å². The van der Waals surface area contributed by atoms with Crippen molar-refractivity contribution in [1.82, 2.24) is 9.71 Å². The maximum atomic E-state index is 12.2. The lowest BCUT2D eigenvalue weighted by Gasteiger charge is -2.09. The minimum absolute atomic E-state index is 0.0743. The van der Waals surface area contributed by atoms with E-state index in [2.05, 4.69) is 25.6 Å². The van der Waals surface area contributed by atoms with Gasteiger partial charge in [-0.05, 0) is 33.6 Å². The minimum Gasteiger partial charge on any atom is -0.242 e. The molecule has 1 aromatic heterocycles. The van der Waals surface area contributed by atoms with Crippen molar-refractivity contribution in [1.29, 1.82) is 0 Å². The van der Waals surface area contributed by atoms with Gasteiger partial charge in [0.15, 0.2) is 0 Å². The molecule has 0 aliphatic rings. The van der Waals surface area contributed by atoms with E-state index in [9.17, 15) is 8.42 Å². The van der Waals surface area contributed by atoms with Gasteiger partial charge in [-0.1, -0.05) is 41.4 Å². The van der Waals surface area contributed by atoms with Crippen LogP contribution in [0.15, 0.2) is 45.9 Å². The van der Waals surface area contributed by atoms with E-state index in [1.54, 1.807) is 24.3 Å². The van der Waals surface area contributed by atoms with E-state index >= 15 is 0 Å². The topological polar surface area (TPSA) is 59.1 Å². The lowest BCUT2D eigenvalue weighted by Crippen LogP contribution is -2.24. The van der Waals surface area contributed by atoms with Gasteiger partial charge in [0.05, 0.1) is 0 Å². The Bertz CT molecular complexity index is 738. The standard InChI is InChI=1S/C12H9BrCl2N2O2S/c13-9-5-11(12(15)16-7-9)20(18,19)17-6-8-3-1-2-4-10(8)14/h1-5,7,17H,6H2. The average molecular weight is 396 g/mol. The number of aromatic nitrogens is 1. The normalized spacial score (nSPS) is 11.6. The van der Waals surface area contributed by atoms with Crippen molar-refractivity contribution in [3.05, 3.63) is 56.7 Å². The lowest BCUT2D eigenvalue weighted by molar-refractivity contribution is 0.581. The van der Waals surface area contributed by atoms with E-state index in [-0.39, 0.29) is 16.6 Å². The number of halogens is 3. The second-order valence-electron chi connectivity index (χ2n) is 3.86. The van der Waals surface area contributed by atoms with Crippen LogP contribution in [0.25, 0.3) is 0 Å². The van der Waals surface area contributed by atoms with Crippen LogP contribution in [0.3, 0.4) is 0 Å². The Balaban J connectivity index is 2.24. The Morgan fingerprint density at radius 2 is 1.95 bits per heavy atom. The van der Waals surface area contributed by atoms with E-state index in [0.29, 0.717) is 15.1 Å². The molecule has 8 heteroatoms. The van der Waals surface area contributed by atoms with E-state index in [1.165, 1.54) is 12.3 Å². The van der Waals surface area contributed by atoms with Crippen LogP contribution in [0, 0.1) is 0 Å². The van der Waals surface area contributed by atoms with Crippen molar-refractivity contribution in [3.63, 3.8) is 0 Å². The molecular weight excluding hydrogens is 387 g/mol. The smallest absolute Gasteiger partial charge is 0.242 e. The summed E-state index contributed by atoms with van der Waals surface area (Å²) in [7, 11) is -3.76. The fourth-order valence-corrected chi connectivity index (χ4v) is 3.64. The Morgan fingerprint density at radius 3 is 2.65 bits per heavy atom. The third-order valence-electron chi connectivity index (χ3n) is 2.47. The van der Waals surface area contributed by atoms with Crippen LogP contribution in [-0.4, -0.2) is 13.4 Å². The number of hydrogen-bond donors (Lipinski definition) is 1. The third-order valence-corrected chi connectivity index (χ3v) is 5.10. The Hall–Kier alpha value is -0.660. The summed E-state index contributed by atoms with van der Waals surface area (Å²) >= 11 is 15.0. The van der Waals surface area contributed by atoms with Crippen LogP contribution in [-0.2, 0) is 16.6 Å². The molecule has 0 aliphatic heterocycles. The molecule has 0 saturated carbocycles. The summed E-state index contributed by atoms with van der Waals surface area (Å²) in [6.07, 6.45) is 1.43. The molecule has 0 amide bonds. The van der Waals surface area contributed by atoms with Gasteiger partial charge in [-0.15, -0.1) is 0 Å². The number of benzene rings is 1. The Labute approximate surface area is 135 Å². The Morgan fingerprint density at radius 1 is 1.25 bits per heavy atom. The number of sulfonamides is 1. The molecule has 1 heterocycles. The van der Waals surface area contributed by atoms with E-state index in [0.717, 1.165) is 0 Å². The van der Waals surface area contributed by atoms with E-state index < -0.39 is 10.0 Å². The van der Waals surface area contributed by atoms with Crippen LogP contribution in [0.4, 0.5) is 0 Å². The second kappa shape index (κ2) is 6.41. The highest BCUT2D eigenvalue weighted by molar-refractivity contribution is 9.10. The molecule has 1 aromatic carbocycles. The van der Waals surface area contributed by atoms with E-state index in [1.807, 2.05) is 0 Å². The highest BCUT2D eigenvalue weighted by Gasteiger charge is 2.19. The largest absolute Gasteiger partial charge is 0.243 e. The predicted molar refractivity (Wildman–Crippen MR) is 82.4 cm³/mol. The molecule has 0 unspecified atom stereocenters. The first kappa shape index (κ1) is 15.7. The molecule has 20 heavy (non-hydrogen) atoms. The summed E-state index contributed by atoms with van der Waals surface area (Å²) in [5.74, 6) is 0. The van der Waals surface area contributed by atoms with Gasteiger partial charge < -0.3 is 0 Å². The summed E-state index contributed by atoms with van der Waals surface area (Å²) in [5.41, 5.74) is 0.678. The van der Waals surface area contributed by atoms with Gasteiger partial charge in [0.2, 0.25) is 10.0 Å². The van der Waals surface area contributed by atoms with Crippen molar-refractivity contribution >= 4 is 49.2 Å². The van der Waals surface area contributed by atoms with Crippen LogP contribution >= 0.6 is 39.1 Å². The molecular formula is C12H9BrCl2N2O2S. The van der Waals surface area contributed by atoms with Gasteiger partial charge in [-0.3, -0.25) is 0 Å². The molecule has 2 rings (SSSR count). The highest BCUT2D eigenvalue weighted by atomic mass is 79.9. The van der Waals surface area contributed by atoms with Crippen molar-refractivity contribution in [3.8, 4) is 0 Å². The molecule has 0 atom stereocenters. The monoisotopic (exact) mass is 394 g/mol. The molecule has 0 saturated heterocycles. The third kappa shape index (κ3) is 3.71. The van der Waals surface area contributed by atoms with Crippen molar-refractivity contribution < 1.29 is 8.42 Å². The summed E-state index contributed by atoms with van der Waals surface area (Å²) < 4.78 is 27.4. The minimum atomic E-state index is -3.76. The van der Waals surface area contributed by atoms with Gasteiger partial charge in [0.1, 0.15) is 10.0 Å². The zero-order valence-corrected chi connectivity index (χ0v) is 13.9. The summed E-state index contributed by atoms with van der Waals surface area (Å²) in [6, 6.07) is 8.38. The number of nitrogens with zero attached hydrogens (tertiary/aromatic N) is 1. The van der Waals surface area contributed by atoms with Crippen LogP contribution in [0.2, 0.25) is 10.2 Å². The first-order chi connectivity index (χ1) is 9.40. The highest BCUT2D eigenvalue weighted by Crippen LogP contribution is 2.23. The summed E-state index contributed by atoms with van der Waals surface area (Å²) in [4.78, 5) is 3.71. The summed E-state index contributed by atoms with van der Waals surface area (Å²) in [5, 5.41) is 0.411. The molecule has 0 aliphatic carbocycles.